The van der Waals surface area contributed by atoms with E-state index in [9.17, 15) is 30.0 Å². The second-order valence-electron chi connectivity index (χ2n) is 12.2. The molecule has 0 aromatic heterocycles. The molecular formula is C35H33NO12. The quantitative estimate of drug-likeness (QED) is 0.160. The maximum absolute atomic E-state index is 14.0. The molecule has 2 aromatic carbocycles. The van der Waals surface area contributed by atoms with Crippen LogP contribution in [-0.2, 0) is 35.0 Å². The predicted molar refractivity (Wildman–Crippen MR) is 165 cm³/mol. The van der Waals surface area contributed by atoms with Crippen molar-refractivity contribution in [3.63, 3.8) is 0 Å². The molecule has 5 N–H and O–H groups in total. The maximum atomic E-state index is 14.0. The third-order valence-electron chi connectivity index (χ3n) is 9.26. The summed E-state index contributed by atoms with van der Waals surface area (Å²) >= 11 is 0. The Hall–Kier alpha value is -4.44. The molecule has 48 heavy (non-hydrogen) atoms. The van der Waals surface area contributed by atoms with Crippen LogP contribution in [0.15, 0.2) is 47.6 Å². The number of carbonyl (C=O) groups is 2. The van der Waals surface area contributed by atoms with Crippen LogP contribution in [0.1, 0.15) is 28.4 Å². The van der Waals surface area contributed by atoms with Crippen molar-refractivity contribution in [2.75, 3.05) is 13.7 Å². The van der Waals surface area contributed by atoms with Crippen molar-refractivity contribution in [3.8, 4) is 29.4 Å². The molecule has 0 spiro atoms. The van der Waals surface area contributed by atoms with E-state index in [2.05, 4.69) is 29.0 Å². The zero-order valence-corrected chi connectivity index (χ0v) is 26.1. The van der Waals surface area contributed by atoms with Crippen molar-refractivity contribution in [1.29, 1.82) is 0 Å². The predicted octanol–water partition coefficient (Wildman–Crippen LogP) is 0.871. The largest absolute Gasteiger partial charge is 0.508 e. The number of hydrogen-bond donors (Lipinski definition) is 5. The monoisotopic (exact) mass is 659 g/mol. The number of ether oxygens (including phenoxy) is 6. The third kappa shape index (κ3) is 5.40. The number of phenolic OH excluding ortho intramolecular Hbond substituents is 1. The number of esters is 1. The molecule has 0 amide bonds. The third-order valence-corrected chi connectivity index (χ3v) is 9.26. The number of aliphatic hydroxyl groups excluding tert-OH is 3. The summed E-state index contributed by atoms with van der Waals surface area (Å²) in [6, 6.07) is 5.63. The van der Waals surface area contributed by atoms with Crippen LogP contribution in [0, 0.1) is 30.6 Å². The SMILES string of the molecule is CNC1[C@H](O[C@@H]2/C3=C/C#C[C@H]4O[C@@]4([C@H]4COC(=O)O4)C#CC3=C[C@H]2OC(=O)c2c(O)ccc3c(C)cc(CO)cc23)OC(C)[C@H](O)[C@@H]1O. The molecule has 3 aliphatic heterocycles. The number of carbonyl (C=O) groups excluding carboxylic acids is 2. The minimum absolute atomic E-state index is 0.0558. The van der Waals surface area contributed by atoms with E-state index in [1.165, 1.54) is 6.07 Å². The highest BCUT2D eigenvalue weighted by molar-refractivity contribution is 6.08. The van der Waals surface area contributed by atoms with Crippen LogP contribution in [0.3, 0.4) is 0 Å². The van der Waals surface area contributed by atoms with Crippen molar-refractivity contribution < 1.29 is 58.4 Å². The van der Waals surface area contributed by atoms with Crippen LogP contribution in [0.5, 0.6) is 5.75 Å². The Morgan fingerprint density at radius 1 is 1.19 bits per heavy atom. The van der Waals surface area contributed by atoms with Gasteiger partial charge in [-0.05, 0) is 61.7 Å². The van der Waals surface area contributed by atoms with E-state index in [1.807, 2.05) is 6.92 Å². The van der Waals surface area contributed by atoms with E-state index in [-0.39, 0.29) is 24.5 Å². The molecule has 13 nitrogen and oxygen atoms in total. The molecule has 3 saturated heterocycles. The first kappa shape index (κ1) is 32.1. The van der Waals surface area contributed by atoms with Gasteiger partial charge in [-0.2, -0.15) is 0 Å². The van der Waals surface area contributed by atoms with E-state index in [0.717, 1.165) is 5.56 Å². The van der Waals surface area contributed by atoms with Gasteiger partial charge in [0.1, 0.15) is 36.2 Å². The number of cyclic esters (lactones) is 2. The summed E-state index contributed by atoms with van der Waals surface area (Å²) in [5.74, 6) is 10.9. The van der Waals surface area contributed by atoms with Gasteiger partial charge in [0, 0.05) is 16.5 Å². The van der Waals surface area contributed by atoms with E-state index >= 15 is 0 Å². The molecule has 10 atom stereocenters. The number of fused-ring (bicyclic) bond motifs is 3. The second kappa shape index (κ2) is 12.2. The second-order valence-corrected chi connectivity index (χ2v) is 12.2. The molecule has 250 valence electrons. The van der Waals surface area contributed by atoms with Gasteiger partial charge in [0.05, 0.1) is 18.8 Å². The lowest BCUT2D eigenvalue weighted by Crippen LogP contribution is -2.62. The molecule has 0 radical (unpaired) electrons. The normalized spacial score (nSPS) is 35.8. The Labute approximate surface area is 275 Å². The standard InChI is InChI=1S/C35H33NO12/c1-16-11-18(14-37)12-22-20(16)7-8-23(38)27(22)32(41)45-24-13-19-9-10-35(26-15-43-34(42)46-26)25(48-35)6-4-5-21(19)31(24)47-33-28(36-3)30(40)29(39)17(2)44-33/h5,7-8,11-13,17,24-26,28-31,33,36-40H,14-15H2,1-3H3/b21-5+/t17?,24-,25-,26-,28?,29+,30-,31-,33+,35+/m1/s1. The lowest BCUT2D eigenvalue weighted by atomic mass is 9.97. The van der Waals surface area contributed by atoms with Gasteiger partial charge in [-0.3, -0.25) is 0 Å². The van der Waals surface area contributed by atoms with Gasteiger partial charge in [0.25, 0.3) is 0 Å². The van der Waals surface area contributed by atoms with Crippen molar-refractivity contribution in [2.45, 2.75) is 81.1 Å². The summed E-state index contributed by atoms with van der Waals surface area (Å²) in [6.45, 7) is 3.10. The molecular weight excluding hydrogens is 626 g/mol. The molecule has 3 fully saturated rings. The van der Waals surface area contributed by atoms with Crippen LogP contribution in [-0.4, -0.2) is 107 Å². The van der Waals surface area contributed by atoms with Crippen molar-refractivity contribution in [3.05, 3.63) is 64.3 Å². The van der Waals surface area contributed by atoms with Crippen molar-refractivity contribution in [1.82, 2.24) is 5.32 Å². The average molecular weight is 660 g/mol. The first-order chi connectivity index (χ1) is 23.0. The molecule has 0 bridgehead atoms. The summed E-state index contributed by atoms with van der Waals surface area (Å²) in [5, 5.41) is 46.0. The van der Waals surface area contributed by atoms with Crippen LogP contribution in [0.25, 0.3) is 10.8 Å². The summed E-state index contributed by atoms with van der Waals surface area (Å²) in [4.78, 5) is 25.6. The fraction of sp³-hybridized carbons (Fsp3) is 0.429. The zero-order valence-electron chi connectivity index (χ0n) is 26.1. The minimum atomic E-state index is -1.25. The highest BCUT2D eigenvalue weighted by Gasteiger charge is 2.65. The number of phenols is 1. The molecule has 0 saturated carbocycles. The fourth-order valence-corrected chi connectivity index (χ4v) is 6.58. The first-order valence-electron chi connectivity index (χ1n) is 15.4. The number of nitrogens with one attached hydrogen (secondary N) is 1. The molecule has 7 rings (SSSR count). The molecule has 13 heteroatoms. The number of hydrogen-bond acceptors (Lipinski definition) is 13. The number of allylic oxidation sites excluding steroid dienone is 1. The Morgan fingerprint density at radius 3 is 2.73 bits per heavy atom. The molecule has 3 heterocycles. The number of likely N-dealkylation sites (N-methyl/N-ethyl adjacent to an activating group) is 1. The lowest BCUT2D eigenvalue weighted by Gasteiger charge is -2.42. The van der Waals surface area contributed by atoms with Crippen LogP contribution in [0.4, 0.5) is 4.79 Å². The van der Waals surface area contributed by atoms with Crippen LogP contribution < -0.4 is 5.32 Å². The van der Waals surface area contributed by atoms with E-state index in [0.29, 0.717) is 27.5 Å². The number of aryl methyl sites for hydroxylation is 1. The maximum Gasteiger partial charge on any atom is 0.508 e. The number of rotatable bonds is 7. The molecule has 2 aliphatic carbocycles. The number of aliphatic hydroxyl groups is 3. The minimum Gasteiger partial charge on any atom is -0.507 e. The van der Waals surface area contributed by atoms with Gasteiger partial charge < -0.3 is 54.2 Å². The molecule has 2 unspecified atom stereocenters. The Bertz CT molecular complexity index is 1880. The number of epoxide rings is 1. The summed E-state index contributed by atoms with van der Waals surface area (Å²) < 4.78 is 34.5. The van der Waals surface area contributed by atoms with Gasteiger partial charge in [-0.15, -0.1) is 0 Å². The topological polar surface area (TPSA) is 186 Å². The average Bonchev–Trinajstić information content (AvgIpc) is 3.39. The number of benzene rings is 2. The van der Waals surface area contributed by atoms with Crippen molar-refractivity contribution >= 4 is 22.9 Å². The van der Waals surface area contributed by atoms with Crippen LogP contribution >= 0.6 is 0 Å². The van der Waals surface area contributed by atoms with Gasteiger partial charge in [0.2, 0.25) is 5.60 Å². The van der Waals surface area contributed by atoms with Crippen molar-refractivity contribution in [2.24, 2.45) is 0 Å². The highest BCUT2D eigenvalue weighted by Crippen LogP contribution is 2.44. The Kier molecular flexibility index (Phi) is 8.18. The van der Waals surface area contributed by atoms with Crippen LogP contribution in [0.2, 0.25) is 0 Å². The first-order valence-corrected chi connectivity index (χ1v) is 15.4. The fourth-order valence-electron chi connectivity index (χ4n) is 6.58. The Morgan fingerprint density at radius 2 is 2.00 bits per heavy atom. The lowest BCUT2D eigenvalue weighted by molar-refractivity contribution is -0.273. The van der Waals surface area contributed by atoms with E-state index in [1.54, 1.807) is 44.3 Å². The smallest absolute Gasteiger partial charge is 0.507 e. The highest BCUT2D eigenvalue weighted by atomic mass is 16.8. The number of aromatic hydroxyl groups is 1. The molecule has 2 aromatic rings. The summed E-state index contributed by atoms with van der Waals surface area (Å²) in [5.41, 5.74) is 0.848. The Balaban J connectivity index is 1.27. The summed E-state index contributed by atoms with van der Waals surface area (Å²) in [7, 11) is 1.58. The van der Waals surface area contributed by atoms with E-state index in [4.69, 9.17) is 28.4 Å². The zero-order chi connectivity index (χ0) is 33.9. The van der Waals surface area contributed by atoms with Gasteiger partial charge in [-0.25, -0.2) is 9.59 Å². The van der Waals surface area contributed by atoms with Gasteiger partial charge >= 0.3 is 12.1 Å². The summed E-state index contributed by atoms with van der Waals surface area (Å²) in [6.07, 6.45) is -5.68. The van der Waals surface area contributed by atoms with Gasteiger partial charge in [0.15, 0.2) is 24.6 Å². The molecule has 5 aliphatic rings. The van der Waals surface area contributed by atoms with Gasteiger partial charge in [-0.1, -0.05) is 35.8 Å². The van der Waals surface area contributed by atoms with E-state index < -0.39 is 72.8 Å².